The lowest BCUT2D eigenvalue weighted by Gasteiger charge is -2.28. The van der Waals surface area contributed by atoms with Crippen molar-refractivity contribution in [2.24, 2.45) is 16.9 Å². The zero-order chi connectivity index (χ0) is 39.5. The van der Waals surface area contributed by atoms with E-state index in [2.05, 4.69) is 5.10 Å². The Bertz CT molecular complexity index is 2700. The van der Waals surface area contributed by atoms with Gasteiger partial charge in [0.25, 0.3) is 20.0 Å². The third-order valence-electron chi connectivity index (χ3n) is 10.2. The SMILES string of the molecule is COc1ccc(C2=NN(S(=O)(=O)c3cccc(-c4ccc(C5=CN(S(=O)(=O)c6ccccc6)C6C=CC(=O)C(=O)C56)cc4OC)c3)C3C=CC(=O)C(=O)C23)cc1. The molecule has 2 heterocycles. The van der Waals surface area contributed by atoms with Gasteiger partial charge in [0.15, 0.2) is 0 Å². The largest absolute Gasteiger partial charge is 0.497 e. The Morgan fingerprint density at radius 1 is 0.607 bits per heavy atom. The first kappa shape index (κ1) is 36.5. The Kier molecular flexibility index (Phi) is 8.93. The highest BCUT2D eigenvalue weighted by molar-refractivity contribution is 7.89. The zero-order valence-corrected chi connectivity index (χ0v) is 31.3. The standard InChI is InChI=1S/C41H31N3O10S2/c1-53-27-14-11-24(12-15-27)39-38-33(18-20-35(46)41(38)48)44(42-39)56(51,52)29-10-6-7-25(21-29)30-16-13-26(22-36(30)54-2)31-23-43(32-17-19-34(45)40(47)37(31)32)55(49,50)28-8-4-3-5-9-28/h3-23,32-33,37-38H,1-2H3. The lowest BCUT2D eigenvalue weighted by Crippen LogP contribution is -2.44. The summed E-state index contributed by atoms with van der Waals surface area (Å²) >= 11 is 0. The molecule has 0 saturated heterocycles. The van der Waals surface area contributed by atoms with Crippen molar-refractivity contribution in [1.82, 2.24) is 8.72 Å². The third kappa shape index (κ3) is 5.86. The van der Waals surface area contributed by atoms with Gasteiger partial charge in [-0.2, -0.15) is 17.9 Å². The molecule has 0 aromatic heterocycles. The normalized spacial score (nSPS) is 21.8. The molecule has 0 spiro atoms. The number of hydrogen-bond donors (Lipinski definition) is 0. The fourth-order valence-electron chi connectivity index (χ4n) is 7.41. The number of allylic oxidation sites excluding steroid dienone is 2. The lowest BCUT2D eigenvalue weighted by molar-refractivity contribution is -0.136. The zero-order valence-electron chi connectivity index (χ0n) is 29.7. The van der Waals surface area contributed by atoms with Crippen molar-refractivity contribution in [2.45, 2.75) is 21.9 Å². The van der Waals surface area contributed by atoms with Crippen LogP contribution in [0, 0.1) is 11.8 Å². The average molecular weight is 790 g/mol. The number of nitrogens with zero attached hydrogens (tertiary/aromatic N) is 3. The maximum Gasteiger partial charge on any atom is 0.279 e. The number of Topliss-reactive ketones (excluding diaryl/α,β-unsaturated/α-hetero) is 2. The van der Waals surface area contributed by atoms with Crippen LogP contribution in [0.2, 0.25) is 0 Å². The van der Waals surface area contributed by atoms with Crippen LogP contribution < -0.4 is 9.47 Å². The first-order valence-corrected chi connectivity index (χ1v) is 20.1. The molecule has 4 aromatic carbocycles. The van der Waals surface area contributed by atoms with Crippen LogP contribution in [0.1, 0.15) is 11.1 Å². The van der Waals surface area contributed by atoms with E-state index in [1.54, 1.807) is 66.7 Å². The molecule has 4 aromatic rings. The fourth-order valence-corrected chi connectivity index (χ4v) is 10.4. The number of hydrogen-bond acceptors (Lipinski definition) is 11. The summed E-state index contributed by atoms with van der Waals surface area (Å²) in [5.74, 6) is -4.49. The van der Waals surface area contributed by atoms with Crippen molar-refractivity contribution in [3.8, 4) is 22.6 Å². The molecule has 0 fully saturated rings. The Morgan fingerprint density at radius 2 is 1.25 bits per heavy atom. The minimum absolute atomic E-state index is 0.0171. The van der Waals surface area contributed by atoms with Gasteiger partial charge in [-0.1, -0.05) is 54.6 Å². The summed E-state index contributed by atoms with van der Waals surface area (Å²) in [6.07, 6.45) is 6.30. The number of carbonyl (C=O) groups excluding carboxylic acids is 4. The number of ketones is 4. The van der Waals surface area contributed by atoms with Crippen molar-refractivity contribution in [2.75, 3.05) is 14.2 Å². The summed E-state index contributed by atoms with van der Waals surface area (Å²) in [5.41, 5.74) is 2.17. The third-order valence-corrected chi connectivity index (χ3v) is 13.6. The van der Waals surface area contributed by atoms with Gasteiger partial charge in [-0.05, 0) is 89.0 Å². The van der Waals surface area contributed by atoms with Crippen molar-refractivity contribution in [1.29, 1.82) is 0 Å². The highest BCUT2D eigenvalue weighted by Crippen LogP contribution is 2.44. The van der Waals surface area contributed by atoms with Crippen LogP contribution in [-0.4, -0.2) is 80.7 Å². The van der Waals surface area contributed by atoms with E-state index in [1.807, 2.05) is 0 Å². The Balaban J connectivity index is 1.16. The van der Waals surface area contributed by atoms with E-state index in [9.17, 15) is 36.0 Å². The molecule has 4 aliphatic rings. The van der Waals surface area contributed by atoms with Gasteiger partial charge in [0.1, 0.15) is 11.5 Å². The molecule has 56 heavy (non-hydrogen) atoms. The maximum atomic E-state index is 14.3. The fraction of sp³-hybridized carbons (Fsp3) is 0.146. The number of fused-ring (bicyclic) bond motifs is 2. The van der Waals surface area contributed by atoms with Crippen molar-refractivity contribution in [3.05, 3.63) is 139 Å². The van der Waals surface area contributed by atoms with Crippen LogP contribution in [0.15, 0.2) is 142 Å². The number of carbonyl (C=O) groups is 4. The number of methoxy groups -OCH3 is 2. The lowest BCUT2D eigenvalue weighted by atomic mass is 9.81. The van der Waals surface area contributed by atoms with Gasteiger partial charge in [-0.3, -0.25) is 23.5 Å². The molecule has 0 N–H and O–H groups in total. The van der Waals surface area contributed by atoms with Gasteiger partial charge in [0.05, 0.1) is 53.6 Å². The van der Waals surface area contributed by atoms with Crippen LogP contribution in [0.4, 0.5) is 0 Å². The Labute approximate surface area is 321 Å². The van der Waals surface area contributed by atoms with Crippen LogP contribution in [-0.2, 0) is 39.2 Å². The highest BCUT2D eigenvalue weighted by Gasteiger charge is 2.50. The Hall–Kier alpha value is -6.45. The van der Waals surface area contributed by atoms with E-state index in [0.717, 1.165) is 20.9 Å². The van der Waals surface area contributed by atoms with Gasteiger partial charge in [0.2, 0.25) is 23.1 Å². The minimum Gasteiger partial charge on any atom is -0.497 e. The minimum atomic E-state index is -4.42. The first-order chi connectivity index (χ1) is 26.8. The number of hydrazone groups is 1. The first-order valence-electron chi connectivity index (χ1n) is 17.2. The summed E-state index contributed by atoms with van der Waals surface area (Å²) in [4.78, 5) is 51.4. The van der Waals surface area contributed by atoms with Gasteiger partial charge >= 0.3 is 0 Å². The molecule has 4 atom stereocenters. The number of benzene rings is 4. The molecule has 2 aliphatic carbocycles. The summed E-state index contributed by atoms with van der Waals surface area (Å²) in [7, 11) is -5.64. The molecule has 8 rings (SSSR count). The second-order valence-corrected chi connectivity index (χ2v) is 16.9. The van der Waals surface area contributed by atoms with Crippen LogP contribution in [0.5, 0.6) is 11.5 Å². The second-order valence-electron chi connectivity index (χ2n) is 13.3. The molecule has 0 bridgehead atoms. The topological polar surface area (TPSA) is 174 Å². The quantitative estimate of drug-likeness (QED) is 0.224. The van der Waals surface area contributed by atoms with Crippen molar-refractivity contribution < 1.29 is 45.5 Å². The van der Waals surface area contributed by atoms with Gasteiger partial charge < -0.3 is 9.47 Å². The van der Waals surface area contributed by atoms with Crippen molar-refractivity contribution in [3.63, 3.8) is 0 Å². The van der Waals surface area contributed by atoms with E-state index >= 15 is 0 Å². The molecular weight excluding hydrogens is 759 g/mol. The molecular formula is C41H31N3O10S2. The number of sulfonamides is 2. The van der Waals surface area contributed by atoms with E-state index < -0.39 is 67.1 Å². The molecule has 0 saturated carbocycles. The predicted octanol–water partition coefficient (Wildman–Crippen LogP) is 4.21. The maximum absolute atomic E-state index is 14.3. The van der Waals surface area contributed by atoms with E-state index in [4.69, 9.17) is 9.47 Å². The molecule has 4 unspecified atom stereocenters. The summed E-state index contributed by atoms with van der Waals surface area (Å²) in [6, 6.07) is 23.2. The molecule has 2 aliphatic heterocycles. The van der Waals surface area contributed by atoms with Gasteiger partial charge in [0, 0.05) is 11.8 Å². The number of rotatable bonds is 9. The summed E-state index contributed by atoms with van der Waals surface area (Å²) < 4.78 is 69.1. The molecule has 0 amide bonds. The van der Waals surface area contributed by atoms with Gasteiger partial charge in [-0.25, -0.2) is 8.42 Å². The average Bonchev–Trinajstić information content (AvgIpc) is 3.82. The molecule has 15 heteroatoms. The highest BCUT2D eigenvalue weighted by atomic mass is 32.2. The summed E-state index contributed by atoms with van der Waals surface area (Å²) in [6.45, 7) is 0. The smallest absolute Gasteiger partial charge is 0.279 e. The van der Waals surface area contributed by atoms with Gasteiger partial charge in [-0.15, -0.1) is 0 Å². The predicted molar refractivity (Wildman–Crippen MR) is 203 cm³/mol. The molecule has 13 nitrogen and oxygen atoms in total. The van der Waals surface area contributed by atoms with Crippen LogP contribution >= 0.6 is 0 Å². The monoisotopic (exact) mass is 789 g/mol. The number of ether oxygens (including phenoxy) is 2. The van der Waals surface area contributed by atoms with E-state index in [1.165, 1.54) is 62.9 Å². The second kappa shape index (κ2) is 13.7. The Morgan fingerprint density at radius 3 is 1.93 bits per heavy atom. The summed E-state index contributed by atoms with van der Waals surface area (Å²) in [5, 5.41) is 4.43. The van der Waals surface area contributed by atoms with Crippen LogP contribution in [0.3, 0.4) is 0 Å². The van der Waals surface area contributed by atoms with Crippen LogP contribution in [0.25, 0.3) is 16.7 Å². The van der Waals surface area contributed by atoms with E-state index in [-0.39, 0.29) is 21.3 Å². The van der Waals surface area contributed by atoms with Crippen molar-refractivity contribution >= 4 is 54.5 Å². The molecule has 0 radical (unpaired) electrons. The van der Waals surface area contributed by atoms with E-state index in [0.29, 0.717) is 33.6 Å². The molecule has 282 valence electrons.